The molecule has 0 aliphatic rings. The van der Waals surface area contributed by atoms with Gasteiger partial charge in [0.2, 0.25) is 0 Å². The number of carbonyl (C=O) groups is 2. The Balaban J connectivity index is 0.000000682. The van der Waals surface area contributed by atoms with Gasteiger partial charge in [-0.1, -0.05) is 43.8 Å². The zero-order valence-electron chi connectivity index (χ0n) is 21.4. The molecular formula is C25H39NO9P2. The third-order valence-corrected chi connectivity index (χ3v) is 8.05. The highest BCUT2D eigenvalue weighted by Crippen LogP contribution is 2.49. The van der Waals surface area contributed by atoms with Crippen molar-refractivity contribution in [2.75, 3.05) is 26.9 Å². The summed E-state index contributed by atoms with van der Waals surface area (Å²) in [4.78, 5) is 22.3. The number of hydrogen-bond acceptors (Lipinski definition) is 9. The number of nitrogens with one attached hydrogen (secondary N) is 1. The molecule has 0 amide bonds. The van der Waals surface area contributed by atoms with Crippen LogP contribution in [0.4, 0.5) is 0 Å². The van der Waals surface area contributed by atoms with E-state index < -0.39 is 27.3 Å². The Morgan fingerprint density at radius 1 is 0.784 bits per heavy atom. The maximum absolute atomic E-state index is 12.5. The molecule has 0 radical (unpaired) electrons. The van der Waals surface area contributed by atoms with Crippen molar-refractivity contribution in [3.63, 3.8) is 0 Å². The smallest absolute Gasteiger partial charge is 0.405 e. The van der Waals surface area contributed by atoms with E-state index in [0.717, 1.165) is 0 Å². The van der Waals surface area contributed by atoms with Gasteiger partial charge in [-0.3, -0.25) is 18.7 Å². The summed E-state index contributed by atoms with van der Waals surface area (Å²) in [5.41, 5.74) is 0. The first-order valence-electron chi connectivity index (χ1n) is 11.1. The molecule has 12 heteroatoms. The number of rotatable bonds is 14. The van der Waals surface area contributed by atoms with E-state index in [2.05, 4.69) is 5.09 Å². The average molecular weight is 560 g/mol. The molecule has 37 heavy (non-hydrogen) atoms. The summed E-state index contributed by atoms with van der Waals surface area (Å²) >= 11 is 0. The topological polar surface area (TPSA) is 126 Å². The summed E-state index contributed by atoms with van der Waals surface area (Å²) in [6.07, 6.45) is -1.10. The van der Waals surface area contributed by atoms with Gasteiger partial charge in [-0.15, -0.1) is 0 Å². The number of hydrogen-bond donors (Lipinski definition) is 1. The number of ether oxygens (including phenoxy) is 2. The van der Waals surface area contributed by atoms with Gasteiger partial charge >= 0.3 is 15.1 Å². The van der Waals surface area contributed by atoms with Crippen LogP contribution in [0, 0.1) is 0 Å². The molecule has 0 aromatic heterocycles. The number of para-hydroxylation sites is 2. The lowest BCUT2D eigenvalue weighted by Gasteiger charge is -2.22. The highest BCUT2D eigenvalue weighted by Gasteiger charge is 2.31. The number of carbonyl (C=O) groups excluding carboxylic acids is 2. The van der Waals surface area contributed by atoms with Crippen LogP contribution in [0.5, 0.6) is 11.5 Å². The van der Waals surface area contributed by atoms with Crippen LogP contribution in [-0.4, -0.2) is 50.6 Å². The molecule has 0 aliphatic carbocycles. The molecule has 2 aromatic rings. The molecule has 0 fully saturated rings. The van der Waals surface area contributed by atoms with E-state index in [-0.39, 0.29) is 31.7 Å². The fraction of sp³-hybridized carbons (Fsp3) is 0.440. The van der Waals surface area contributed by atoms with E-state index in [0.29, 0.717) is 11.5 Å². The highest BCUT2D eigenvalue weighted by atomic mass is 31.2. The van der Waals surface area contributed by atoms with Crippen LogP contribution < -0.4 is 14.1 Å². The molecule has 0 heterocycles. The Hall–Kier alpha value is -2.32. The predicted molar refractivity (Wildman–Crippen MR) is 144 cm³/mol. The van der Waals surface area contributed by atoms with E-state index in [4.69, 9.17) is 23.0 Å². The van der Waals surface area contributed by atoms with Gasteiger partial charge in [0.25, 0.3) is 0 Å². The summed E-state index contributed by atoms with van der Waals surface area (Å²) < 4.78 is 50.5. The Morgan fingerprint density at radius 2 is 1.24 bits per heavy atom. The monoisotopic (exact) mass is 559 g/mol. The lowest BCUT2D eigenvalue weighted by atomic mass is 10.3. The Labute approximate surface area is 220 Å². The predicted octanol–water partition coefficient (Wildman–Crippen LogP) is 5.92. The van der Waals surface area contributed by atoms with Gasteiger partial charge in [-0.25, -0.2) is 9.65 Å². The van der Waals surface area contributed by atoms with E-state index in [1.807, 2.05) is 12.1 Å². The molecule has 208 valence electrons. The Kier molecular flexibility index (Phi) is 16.2. The summed E-state index contributed by atoms with van der Waals surface area (Å²) in [5.74, 6) is 0.556. The van der Waals surface area contributed by atoms with Crippen LogP contribution >= 0.6 is 15.1 Å². The van der Waals surface area contributed by atoms with Gasteiger partial charge in [0.15, 0.2) is 12.1 Å². The molecule has 0 saturated carbocycles. The maximum atomic E-state index is 12.5. The minimum absolute atomic E-state index is 0. The number of ketones is 2. The van der Waals surface area contributed by atoms with Crippen molar-refractivity contribution in [3.8, 4) is 11.5 Å². The van der Waals surface area contributed by atoms with Crippen molar-refractivity contribution >= 4 is 26.7 Å². The van der Waals surface area contributed by atoms with Crippen molar-refractivity contribution in [2.24, 2.45) is 0 Å². The Morgan fingerprint density at radius 3 is 1.65 bits per heavy atom. The normalized spacial score (nSPS) is 15.3. The summed E-state index contributed by atoms with van der Waals surface area (Å²) in [7, 11) is -3.92. The van der Waals surface area contributed by atoms with Crippen molar-refractivity contribution in [1.82, 2.24) is 5.09 Å². The minimum atomic E-state index is -3.49. The van der Waals surface area contributed by atoms with Gasteiger partial charge in [0.05, 0.1) is 6.04 Å². The van der Waals surface area contributed by atoms with Gasteiger partial charge in [0, 0.05) is 14.2 Å². The van der Waals surface area contributed by atoms with Crippen molar-refractivity contribution in [3.05, 3.63) is 60.7 Å². The first-order chi connectivity index (χ1) is 16.9. The molecule has 1 N–H and O–H groups in total. The summed E-state index contributed by atoms with van der Waals surface area (Å²) in [5, 5.41) is 2.70. The standard InChI is InChI=1S/C12H18NO4P.C12H17O5P.CH4/c1-10(11(2)14)13-18(15,9-16-3)17-12-7-5-4-6-8-12;1-10(13)11(2)16-18(14,9-15-3)17-12-7-5-4-6-8-12;/h4-8,10H,9H2,1-3H3,(H,13,15);4-8,11H,9H2,1-3H3;1H4. The van der Waals surface area contributed by atoms with Gasteiger partial charge in [-0.05, 0) is 52.0 Å². The molecule has 2 rings (SSSR count). The molecule has 10 nitrogen and oxygen atoms in total. The van der Waals surface area contributed by atoms with E-state index in [9.17, 15) is 18.7 Å². The third-order valence-electron chi connectivity index (χ3n) is 4.46. The van der Waals surface area contributed by atoms with E-state index in [1.54, 1.807) is 55.5 Å². The van der Waals surface area contributed by atoms with Crippen LogP contribution in [0.1, 0.15) is 35.1 Å². The van der Waals surface area contributed by atoms with Gasteiger partial charge in [0.1, 0.15) is 29.7 Å². The quantitative estimate of drug-likeness (QED) is 0.279. The maximum Gasteiger partial charge on any atom is 0.405 e. The molecule has 4 atom stereocenters. The number of benzene rings is 2. The lowest BCUT2D eigenvalue weighted by molar-refractivity contribution is -0.123. The fourth-order valence-electron chi connectivity index (χ4n) is 2.49. The van der Waals surface area contributed by atoms with Gasteiger partial charge < -0.3 is 18.5 Å². The van der Waals surface area contributed by atoms with Crippen molar-refractivity contribution < 1.29 is 41.8 Å². The van der Waals surface area contributed by atoms with Crippen LogP contribution in [0.3, 0.4) is 0 Å². The molecule has 0 bridgehead atoms. The molecule has 0 spiro atoms. The summed E-state index contributed by atoms with van der Waals surface area (Å²) in [6, 6.07) is 16.9. The van der Waals surface area contributed by atoms with Crippen LogP contribution in [0.25, 0.3) is 0 Å². The van der Waals surface area contributed by atoms with Crippen molar-refractivity contribution in [2.45, 2.75) is 47.3 Å². The number of Topliss-reactive ketones (excluding diaryl/α,β-unsaturated/α-hetero) is 2. The van der Waals surface area contributed by atoms with E-state index in [1.165, 1.54) is 35.0 Å². The number of methoxy groups -OCH3 is 2. The molecule has 2 aromatic carbocycles. The SMILES string of the molecule is C.COCP(=O)(NC(C)C(C)=O)Oc1ccccc1.COCP(=O)(Oc1ccccc1)OC(C)C(C)=O. The lowest BCUT2D eigenvalue weighted by Crippen LogP contribution is -2.32. The Bertz CT molecular complexity index is 951. The second-order valence-electron chi connectivity index (χ2n) is 7.75. The molecular weight excluding hydrogens is 520 g/mol. The van der Waals surface area contributed by atoms with Crippen molar-refractivity contribution in [1.29, 1.82) is 0 Å². The van der Waals surface area contributed by atoms with Crippen LogP contribution in [0.15, 0.2) is 60.7 Å². The minimum Gasteiger partial charge on any atom is -0.431 e. The summed E-state index contributed by atoms with van der Waals surface area (Å²) in [6.45, 7) is 5.96. The molecule has 0 saturated heterocycles. The van der Waals surface area contributed by atoms with Crippen LogP contribution in [0.2, 0.25) is 0 Å². The fourth-order valence-corrected chi connectivity index (χ4v) is 5.79. The molecule has 4 unspecified atom stereocenters. The average Bonchev–Trinajstić information content (AvgIpc) is 2.80. The zero-order chi connectivity index (χ0) is 27.2. The molecule has 0 aliphatic heterocycles. The van der Waals surface area contributed by atoms with Gasteiger partial charge in [-0.2, -0.15) is 0 Å². The second kappa shape index (κ2) is 17.2. The van der Waals surface area contributed by atoms with Crippen LogP contribution in [-0.2, 0) is 32.7 Å². The largest absolute Gasteiger partial charge is 0.431 e. The van der Waals surface area contributed by atoms with E-state index >= 15 is 0 Å². The third kappa shape index (κ3) is 13.7. The first kappa shape index (κ1) is 34.7. The first-order valence-corrected chi connectivity index (χ1v) is 14.6. The zero-order valence-corrected chi connectivity index (χ0v) is 23.2. The second-order valence-corrected chi connectivity index (χ2v) is 11.7. The highest BCUT2D eigenvalue weighted by molar-refractivity contribution is 7.57.